The summed E-state index contributed by atoms with van der Waals surface area (Å²) in [5.41, 5.74) is 3.79. The summed E-state index contributed by atoms with van der Waals surface area (Å²) in [5.74, 6) is 0.661. The predicted octanol–water partition coefficient (Wildman–Crippen LogP) is 11.8. The molecule has 0 fully saturated rings. The Morgan fingerprint density at radius 2 is 0.915 bits per heavy atom. The molecule has 1 heterocycles. The molecule has 5 rings (SSSR count). The molecule has 0 unspecified atom stereocenters. The van der Waals surface area contributed by atoms with Crippen molar-refractivity contribution >= 4 is 57.5 Å². The highest BCUT2D eigenvalue weighted by molar-refractivity contribution is 6.30. The van der Waals surface area contributed by atoms with Gasteiger partial charge in [-0.05, 0) is 108 Å². The van der Waals surface area contributed by atoms with E-state index in [9.17, 15) is 9.59 Å². The van der Waals surface area contributed by atoms with E-state index in [1.165, 1.54) is 12.2 Å². The molecule has 0 bridgehead atoms. The maximum atomic E-state index is 12.8. The molecule has 0 radical (unpaired) electrons. The van der Waals surface area contributed by atoms with Gasteiger partial charge in [0.2, 0.25) is 0 Å². The maximum absolute atomic E-state index is 12.8. The molecule has 0 atom stereocenters. The molecule has 1 aromatic heterocycles. The van der Waals surface area contributed by atoms with E-state index >= 15 is 0 Å². The molecule has 0 aliphatic heterocycles. The summed E-state index contributed by atoms with van der Waals surface area (Å²) in [6, 6.07) is 17.5. The monoisotopic (exact) mass is 664 g/mol. The zero-order chi connectivity index (χ0) is 33.9. The molecule has 0 saturated heterocycles. The quantitative estimate of drug-likeness (QED) is 0.245. The number of carbonyl (C=O) groups is 2. The van der Waals surface area contributed by atoms with Crippen molar-refractivity contribution in [2.75, 3.05) is 0 Å². The Kier molecular flexibility index (Phi) is 9.70. The summed E-state index contributed by atoms with van der Waals surface area (Å²) in [5, 5.41) is 19.3. The van der Waals surface area contributed by atoms with Crippen LogP contribution in [0.1, 0.15) is 53.1 Å². The first-order chi connectivity index (χ1) is 22.2. The number of ketones is 2. The second-order valence-electron chi connectivity index (χ2n) is 13.1. The highest BCUT2D eigenvalue weighted by Gasteiger charge is 2.28. The Morgan fingerprint density at radius 3 is 1.26 bits per heavy atom. The van der Waals surface area contributed by atoms with Crippen molar-refractivity contribution < 1.29 is 14.0 Å². The van der Waals surface area contributed by atoms with E-state index < -0.39 is 10.8 Å². The van der Waals surface area contributed by atoms with E-state index in [1.807, 2.05) is 53.7 Å². The van der Waals surface area contributed by atoms with Gasteiger partial charge in [0.15, 0.2) is 23.1 Å². The van der Waals surface area contributed by atoms with Crippen molar-refractivity contribution in [2.24, 2.45) is 31.3 Å². The summed E-state index contributed by atoms with van der Waals surface area (Å²) in [7, 11) is 0. The molecular formula is C38H34Cl2N4O3. The minimum absolute atomic E-state index is 0.0647. The smallest absolute Gasteiger partial charge is 0.182 e. The Hall–Kier alpha value is -4.72. The molecule has 0 N–H and O–H groups in total. The minimum Gasteiger partial charge on any atom is -0.453 e. The van der Waals surface area contributed by atoms with Gasteiger partial charge in [0.1, 0.15) is 11.4 Å². The summed E-state index contributed by atoms with van der Waals surface area (Å²) in [6.45, 7) is 11.9. The maximum Gasteiger partial charge on any atom is 0.182 e. The molecule has 2 aromatic carbocycles. The van der Waals surface area contributed by atoms with Gasteiger partial charge in [-0.25, -0.2) is 0 Å². The van der Waals surface area contributed by atoms with Crippen LogP contribution in [0.25, 0.3) is 11.4 Å². The number of benzene rings is 2. The van der Waals surface area contributed by atoms with Crippen LogP contribution < -0.4 is 0 Å². The van der Waals surface area contributed by atoms with Crippen molar-refractivity contribution in [3.63, 3.8) is 0 Å². The van der Waals surface area contributed by atoms with Crippen LogP contribution >= 0.6 is 23.2 Å². The average molecular weight is 666 g/mol. The fourth-order valence-corrected chi connectivity index (χ4v) is 5.10. The van der Waals surface area contributed by atoms with Crippen molar-refractivity contribution in [3.05, 3.63) is 141 Å². The molecule has 0 spiro atoms. The van der Waals surface area contributed by atoms with E-state index in [0.717, 1.165) is 0 Å². The zero-order valence-corrected chi connectivity index (χ0v) is 28.5. The predicted molar refractivity (Wildman–Crippen MR) is 188 cm³/mol. The lowest BCUT2D eigenvalue weighted by Gasteiger charge is -2.23. The molecule has 7 nitrogen and oxygen atoms in total. The molecule has 2 aliphatic rings. The summed E-state index contributed by atoms with van der Waals surface area (Å²) in [6.07, 6.45) is 10.1. The van der Waals surface area contributed by atoms with E-state index in [0.29, 0.717) is 66.6 Å². The van der Waals surface area contributed by atoms with Gasteiger partial charge in [0.05, 0.1) is 11.4 Å². The van der Waals surface area contributed by atoms with Crippen molar-refractivity contribution in [1.29, 1.82) is 0 Å². The number of hydrogen-bond donors (Lipinski definition) is 0. The van der Waals surface area contributed by atoms with Gasteiger partial charge in [-0.15, -0.1) is 10.2 Å². The molecular weight excluding hydrogens is 631 g/mol. The second kappa shape index (κ2) is 13.6. The SMILES string of the molecule is CC(C)(C)C1=C/C(=C(/N=Nc2ccc(Cl)cc2)c2ccc(/C(N=Nc3ccc(Cl)cc3)=C3/C=CC(=O)C(C(C)(C)C)=C3)o2)C=CC1=O. The third-order valence-corrected chi connectivity index (χ3v) is 7.88. The Labute approximate surface area is 284 Å². The number of carbonyl (C=O) groups excluding carboxylic acids is 2. The Morgan fingerprint density at radius 1 is 0.553 bits per heavy atom. The van der Waals surface area contributed by atoms with Gasteiger partial charge in [-0.1, -0.05) is 64.7 Å². The fourth-order valence-electron chi connectivity index (χ4n) is 4.85. The van der Waals surface area contributed by atoms with E-state index in [1.54, 1.807) is 72.8 Å². The number of nitrogens with zero attached hydrogens (tertiary/aromatic N) is 4. The molecule has 238 valence electrons. The fraction of sp³-hybridized carbons (Fsp3) is 0.211. The van der Waals surface area contributed by atoms with Crippen molar-refractivity contribution in [2.45, 2.75) is 41.5 Å². The highest BCUT2D eigenvalue weighted by Crippen LogP contribution is 2.38. The molecule has 47 heavy (non-hydrogen) atoms. The first kappa shape index (κ1) is 33.6. The third-order valence-electron chi connectivity index (χ3n) is 7.38. The van der Waals surface area contributed by atoms with Gasteiger partial charge in [-0.3, -0.25) is 9.59 Å². The van der Waals surface area contributed by atoms with Crippen molar-refractivity contribution in [1.82, 2.24) is 0 Å². The van der Waals surface area contributed by atoms with Crippen LogP contribution in [0.2, 0.25) is 10.0 Å². The number of furan rings is 1. The number of hydrogen-bond acceptors (Lipinski definition) is 7. The summed E-state index contributed by atoms with van der Waals surface area (Å²) >= 11 is 12.1. The normalized spacial score (nSPS) is 17.9. The topological polar surface area (TPSA) is 96.7 Å². The van der Waals surface area contributed by atoms with Crippen LogP contribution in [0.15, 0.2) is 144 Å². The molecule has 2 aliphatic carbocycles. The van der Waals surface area contributed by atoms with Crippen LogP contribution in [0, 0.1) is 10.8 Å². The Bertz CT molecular complexity index is 1830. The van der Waals surface area contributed by atoms with E-state index in [-0.39, 0.29) is 11.6 Å². The average Bonchev–Trinajstić information content (AvgIpc) is 3.49. The number of rotatable bonds is 6. The second-order valence-corrected chi connectivity index (χ2v) is 14.0. The zero-order valence-electron chi connectivity index (χ0n) is 27.0. The van der Waals surface area contributed by atoms with Crippen LogP contribution in [0.4, 0.5) is 11.4 Å². The van der Waals surface area contributed by atoms with Crippen LogP contribution in [-0.2, 0) is 9.59 Å². The van der Waals surface area contributed by atoms with Crippen LogP contribution in [0.3, 0.4) is 0 Å². The van der Waals surface area contributed by atoms with Gasteiger partial charge in [0, 0.05) is 32.3 Å². The Balaban J connectivity index is 1.68. The lowest BCUT2D eigenvalue weighted by molar-refractivity contribution is -0.113. The van der Waals surface area contributed by atoms with Crippen LogP contribution in [-0.4, -0.2) is 11.6 Å². The molecule has 0 saturated carbocycles. The third kappa shape index (κ3) is 8.17. The van der Waals surface area contributed by atoms with Gasteiger partial charge in [-0.2, -0.15) is 10.2 Å². The molecule has 9 heteroatoms. The largest absolute Gasteiger partial charge is 0.453 e. The van der Waals surface area contributed by atoms with Gasteiger partial charge in [0.25, 0.3) is 0 Å². The number of halogens is 2. The first-order valence-electron chi connectivity index (χ1n) is 15.0. The van der Waals surface area contributed by atoms with Crippen LogP contribution in [0.5, 0.6) is 0 Å². The highest BCUT2D eigenvalue weighted by atomic mass is 35.5. The van der Waals surface area contributed by atoms with Crippen molar-refractivity contribution in [3.8, 4) is 0 Å². The molecule has 0 amide bonds. The first-order valence-corrected chi connectivity index (χ1v) is 15.8. The number of allylic oxidation sites excluding steroid dienone is 10. The lowest BCUT2D eigenvalue weighted by Crippen LogP contribution is -2.18. The molecule has 3 aromatic rings. The summed E-state index contributed by atoms with van der Waals surface area (Å²) < 4.78 is 6.46. The summed E-state index contributed by atoms with van der Waals surface area (Å²) in [4.78, 5) is 25.6. The lowest BCUT2D eigenvalue weighted by atomic mass is 9.80. The van der Waals surface area contributed by atoms with Gasteiger partial charge < -0.3 is 4.42 Å². The number of azo groups is 2. The van der Waals surface area contributed by atoms with E-state index in [2.05, 4.69) is 20.5 Å². The van der Waals surface area contributed by atoms with Gasteiger partial charge >= 0.3 is 0 Å². The standard InChI is InChI=1S/C38H34Cl2N4O3/c1-37(2,3)29-21-23(7-17-31(29)45)35(43-41-27-13-9-25(39)10-14-27)33-19-20-34(47-33)36(44-42-28-15-11-26(40)12-16-28)24-8-18-32(46)30(22-24)38(4,5)6/h7-22H,1-6H3/b35-23+,36-24+,43-41?,44-42?. The van der Waals surface area contributed by atoms with E-state index in [4.69, 9.17) is 27.6 Å². The minimum atomic E-state index is -0.401.